The maximum atomic E-state index is 9.78. The molecule has 2 nitrogen and oxygen atoms in total. The van der Waals surface area contributed by atoms with Crippen molar-refractivity contribution in [1.29, 1.82) is 0 Å². The lowest BCUT2D eigenvalue weighted by molar-refractivity contribution is 0.173. The number of aliphatic hydroxyl groups is 1. The largest absolute Gasteiger partial charge is 0.388 e. The second-order valence-electron chi connectivity index (χ2n) is 4.64. The molecule has 0 aliphatic rings. The number of nitrogens with zero attached hydrogens (tertiary/aromatic N) is 1. The second-order valence-corrected chi connectivity index (χ2v) is 5.55. The molecular weight excluding hydrogens is 242 g/mol. The van der Waals surface area contributed by atoms with Gasteiger partial charge < -0.3 is 10.0 Å². The Balaban J connectivity index is 2.77. The van der Waals surface area contributed by atoms with E-state index in [9.17, 15) is 5.11 Å². The van der Waals surface area contributed by atoms with Gasteiger partial charge in [0.2, 0.25) is 0 Å². The minimum atomic E-state index is -0.336. The zero-order valence-corrected chi connectivity index (χ0v) is 12.7. The predicted molar refractivity (Wildman–Crippen MR) is 82.6 cm³/mol. The number of hydrogen-bond acceptors (Lipinski definition) is 3. The molecule has 0 aromatic heterocycles. The third-order valence-electron chi connectivity index (χ3n) is 3.45. The summed E-state index contributed by atoms with van der Waals surface area (Å²) < 4.78 is 0. The maximum Gasteiger partial charge on any atom is 0.0787 e. The highest BCUT2D eigenvalue weighted by atomic mass is 32.2. The van der Waals surface area contributed by atoms with Gasteiger partial charge in [-0.25, -0.2) is 0 Å². The summed E-state index contributed by atoms with van der Waals surface area (Å²) in [5.74, 6) is 1.15. The van der Waals surface area contributed by atoms with Crippen LogP contribution in [0.4, 0.5) is 5.69 Å². The molecule has 0 radical (unpaired) electrons. The number of thioether (sulfide) groups is 1. The molecule has 0 saturated carbocycles. The van der Waals surface area contributed by atoms with Crippen molar-refractivity contribution in [2.75, 3.05) is 24.0 Å². The minimum absolute atomic E-state index is 0.336. The lowest BCUT2D eigenvalue weighted by Crippen LogP contribution is -2.33. The van der Waals surface area contributed by atoms with Crippen LogP contribution in [0.5, 0.6) is 0 Å². The van der Waals surface area contributed by atoms with Gasteiger partial charge in [0.15, 0.2) is 0 Å². The first-order valence-corrected chi connectivity index (χ1v) is 8.03. The van der Waals surface area contributed by atoms with Crippen LogP contribution in [-0.2, 0) is 0 Å². The average Bonchev–Trinajstić information content (AvgIpc) is 2.43. The van der Waals surface area contributed by atoms with Crippen molar-refractivity contribution in [3.63, 3.8) is 0 Å². The highest BCUT2D eigenvalue weighted by molar-refractivity contribution is 7.98. The number of anilines is 1. The normalized spacial score (nSPS) is 14.3. The Morgan fingerprint density at radius 1 is 1.17 bits per heavy atom. The molecule has 102 valence electrons. The molecule has 1 rings (SSSR count). The molecular formula is C15H25NOS. The van der Waals surface area contributed by atoms with E-state index < -0.39 is 0 Å². The van der Waals surface area contributed by atoms with E-state index in [0.29, 0.717) is 6.04 Å². The van der Waals surface area contributed by atoms with Crippen LogP contribution < -0.4 is 4.90 Å². The van der Waals surface area contributed by atoms with Gasteiger partial charge in [-0.2, -0.15) is 11.8 Å². The average molecular weight is 267 g/mol. The van der Waals surface area contributed by atoms with E-state index in [1.165, 1.54) is 5.69 Å². The van der Waals surface area contributed by atoms with Crippen molar-refractivity contribution in [3.8, 4) is 0 Å². The van der Waals surface area contributed by atoms with Crippen LogP contribution in [-0.4, -0.2) is 30.2 Å². The number of hydrogen-bond donors (Lipinski definition) is 1. The molecule has 0 aliphatic heterocycles. The van der Waals surface area contributed by atoms with Crippen molar-refractivity contribution >= 4 is 17.4 Å². The lowest BCUT2D eigenvalue weighted by atomic mass is 10.1. The fraction of sp³-hybridized carbons (Fsp3) is 0.600. The third-order valence-corrected chi connectivity index (χ3v) is 4.17. The second kappa shape index (κ2) is 7.70. The minimum Gasteiger partial charge on any atom is -0.388 e. The molecule has 0 amide bonds. The van der Waals surface area contributed by atoms with Crippen molar-refractivity contribution in [2.24, 2.45) is 0 Å². The van der Waals surface area contributed by atoms with E-state index in [4.69, 9.17) is 0 Å². The van der Waals surface area contributed by atoms with Gasteiger partial charge >= 0.3 is 0 Å². The molecule has 1 N–H and O–H groups in total. The fourth-order valence-corrected chi connectivity index (χ4v) is 2.92. The van der Waals surface area contributed by atoms with Gasteiger partial charge in [0.1, 0.15) is 0 Å². The van der Waals surface area contributed by atoms with Crippen LogP contribution in [0.2, 0.25) is 0 Å². The van der Waals surface area contributed by atoms with Crippen molar-refractivity contribution < 1.29 is 5.11 Å². The zero-order valence-electron chi connectivity index (χ0n) is 11.9. The van der Waals surface area contributed by atoms with Crippen molar-refractivity contribution in [3.05, 3.63) is 29.8 Å². The first kappa shape index (κ1) is 15.4. The summed E-state index contributed by atoms with van der Waals surface area (Å²) in [5.41, 5.74) is 2.23. The van der Waals surface area contributed by atoms with E-state index in [1.54, 1.807) is 0 Å². The van der Waals surface area contributed by atoms with Gasteiger partial charge in [-0.15, -0.1) is 0 Å². The number of benzene rings is 1. The van der Waals surface area contributed by atoms with E-state index in [-0.39, 0.29) is 6.10 Å². The van der Waals surface area contributed by atoms with Crippen LogP contribution in [0, 0.1) is 0 Å². The predicted octanol–water partition coefficient (Wildman–Crippen LogP) is 3.71. The van der Waals surface area contributed by atoms with Gasteiger partial charge in [0.05, 0.1) is 6.10 Å². The first-order valence-electron chi connectivity index (χ1n) is 6.63. The summed E-state index contributed by atoms with van der Waals surface area (Å²) in [6.45, 7) is 4.23. The Kier molecular flexibility index (Phi) is 6.58. The van der Waals surface area contributed by atoms with E-state index in [2.05, 4.69) is 37.3 Å². The van der Waals surface area contributed by atoms with Gasteiger partial charge in [0.25, 0.3) is 0 Å². The van der Waals surface area contributed by atoms with Crippen LogP contribution in [0.3, 0.4) is 0 Å². The quantitative estimate of drug-likeness (QED) is 0.814. The molecule has 1 aromatic rings. The monoisotopic (exact) mass is 267 g/mol. The van der Waals surface area contributed by atoms with E-state index in [0.717, 1.165) is 24.2 Å². The summed E-state index contributed by atoms with van der Waals surface area (Å²) in [4.78, 5) is 2.33. The third kappa shape index (κ3) is 3.92. The molecule has 0 heterocycles. The van der Waals surface area contributed by atoms with E-state index in [1.807, 2.05) is 30.8 Å². The van der Waals surface area contributed by atoms with Crippen molar-refractivity contribution in [1.82, 2.24) is 0 Å². The molecule has 3 heteroatoms. The number of rotatable bonds is 7. The van der Waals surface area contributed by atoms with Gasteiger partial charge in [-0.3, -0.25) is 0 Å². The summed E-state index contributed by atoms with van der Waals surface area (Å²) in [7, 11) is 2.15. The van der Waals surface area contributed by atoms with Crippen LogP contribution in [0.1, 0.15) is 38.4 Å². The molecule has 0 bridgehead atoms. The summed E-state index contributed by atoms with van der Waals surface area (Å²) >= 11 is 1.89. The summed E-state index contributed by atoms with van der Waals surface area (Å²) in [5, 5.41) is 9.78. The SMILES string of the molecule is CCC(O)c1ccc(N(C)C(CC)CSC)cc1. The summed E-state index contributed by atoms with van der Waals surface area (Å²) in [6.07, 6.45) is 3.73. The Hall–Kier alpha value is -0.670. The van der Waals surface area contributed by atoms with Crippen LogP contribution in [0.15, 0.2) is 24.3 Å². The smallest absolute Gasteiger partial charge is 0.0787 e. The first-order chi connectivity index (χ1) is 8.63. The number of aliphatic hydroxyl groups excluding tert-OH is 1. The highest BCUT2D eigenvalue weighted by Gasteiger charge is 2.13. The standard InChI is InChI=1S/C15H25NOS/c1-5-13(11-18-4)16(3)14-9-7-12(8-10-14)15(17)6-2/h7-10,13,15,17H,5-6,11H2,1-4H3. The van der Waals surface area contributed by atoms with Crippen LogP contribution in [0.25, 0.3) is 0 Å². The fourth-order valence-electron chi connectivity index (χ4n) is 2.07. The van der Waals surface area contributed by atoms with Crippen LogP contribution >= 0.6 is 11.8 Å². The molecule has 0 saturated heterocycles. The van der Waals surface area contributed by atoms with E-state index >= 15 is 0 Å². The molecule has 1 aromatic carbocycles. The molecule has 2 unspecified atom stereocenters. The van der Waals surface area contributed by atoms with Crippen molar-refractivity contribution in [2.45, 2.75) is 38.8 Å². The molecule has 0 spiro atoms. The highest BCUT2D eigenvalue weighted by Crippen LogP contribution is 2.23. The lowest BCUT2D eigenvalue weighted by Gasteiger charge is -2.29. The summed E-state index contributed by atoms with van der Waals surface area (Å²) in [6, 6.07) is 8.85. The van der Waals surface area contributed by atoms with Gasteiger partial charge in [-0.1, -0.05) is 26.0 Å². The Labute approximate surface area is 115 Å². The van der Waals surface area contributed by atoms with Gasteiger partial charge in [0, 0.05) is 24.5 Å². The maximum absolute atomic E-state index is 9.78. The molecule has 0 aliphatic carbocycles. The molecule has 2 atom stereocenters. The molecule has 18 heavy (non-hydrogen) atoms. The van der Waals surface area contributed by atoms with Gasteiger partial charge in [-0.05, 0) is 36.8 Å². The zero-order chi connectivity index (χ0) is 13.5. The Morgan fingerprint density at radius 3 is 2.22 bits per heavy atom. The Bertz CT molecular complexity index is 339. The molecule has 0 fully saturated rings. The topological polar surface area (TPSA) is 23.5 Å². The Morgan fingerprint density at radius 2 is 1.78 bits per heavy atom.